The highest BCUT2D eigenvalue weighted by Crippen LogP contribution is 2.21. The lowest BCUT2D eigenvalue weighted by atomic mass is 10.1. The van der Waals surface area contributed by atoms with E-state index >= 15 is 0 Å². The number of esters is 2. The van der Waals surface area contributed by atoms with Crippen LogP contribution in [0.2, 0.25) is 10.0 Å². The average molecular weight is 735 g/mol. The molecule has 0 aliphatic rings. The van der Waals surface area contributed by atoms with E-state index in [0.717, 1.165) is 32.9 Å². The number of aromatic nitrogens is 6. The topological polar surface area (TPSA) is 138 Å². The Hall–Kier alpha value is -4.83. The zero-order valence-corrected chi connectivity index (χ0v) is 28.3. The lowest BCUT2D eigenvalue weighted by molar-refractivity contribution is 0.0516. The Morgan fingerprint density at radius 2 is 1.28 bits per heavy atom. The fourth-order valence-corrected chi connectivity index (χ4v) is 5.45. The highest BCUT2D eigenvalue weighted by atomic mass is 79.9. The largest absolute Gasteiger partial charge is 0.462 e. The number of benzene rings is 2. The smallest absolute Gasteiger partial charge is 0.342 e. The molecule has 14 heteroatoms. The van der Waals surface area contributed by atoms with Gasteiger partial charge >= 0.3 is 11.9 Å². The molecule has 11 nitrogen and oxygen atoms in total. The van der Waals surface area contributed by atoms with Gasteiger partial charge in [0.15, 0.2) is 5.69 Å². The number of nitriles is 1. The van der Waals surface area contributed by atoms with E-state index in [9.17, 15) is 9.59 Å². The fraction of sp³-hybridized carbons (Fsp3) is 0.182. The Morgan fingerprint density at radius 1 is 0.787 bits per heavy atom. The molecule has 0 bridgehead atoms. The maximum Gasteiger partial charge on any atom is 0.342 e. The van der Waals surface area contributed by atoms with Crippen molar-refractivity contribution in [3.05, 3.63) is 116 Å². The minimum Gasteiger partial charge on any atom is -0.462 e. The number of rotatable bonds is 8. The van der Waals surface area contributed by atoms with E-state index in [4.69, 9.17) is 37.9 Å². The standard InChI is InChI=1S/C17H13ClN4O2.C16H13BrClN3O2/c1-2-24-17(23)14-10-22(21-16(14)7-19)9-11-3-4-15-12(5-11)6-13(18)8-20-15;1-2-23-16(22)13-9-21(20-15(13)17)8-10-3-4-14-11(5-10)6-12(18)7-19-14/h3-6,8,10H,2,9H2,1H3;3-7,9H,2,8H2,1H3. The molecule has 4 heterocycles. The maximum absolute atomic E-state index is 11.9. The van der Waals surface area contributed by atoms with Crippen molar-refractivity contribution < 1.29 is 19.1 Å². The first-order valence-electron chi connectivity index (χ1n) is 14.3. The molecule has 0 aliphatic carbocycles. The first kappa shape index (κ1) is 33.5. The summed E-state index contributed by atoms with van der Waals surface area (Å²) in [6, 6.07) is 17.3. The fourth-order valence-electron chi connectivity index (χ4n) is 4.65. The van der Waals surface area contributed by atoms with Crippen LogP contribution < -0.4 is 0 Å². The molecular weight excluding hydrogens is 709 g/mol. The van der Waals surface area contributed by atoms with Crippen molar-refractivity contribution in [2.75, 3.05) is 13.2 Å². The second-order valence-corrected chi connectivity index (χ2v) is 11.7. The Labute approximate surface area is 287 Å². The average Bonchev–Trinajstić information content (AvgIpc) is 3.63. The highest BCUT2D eigenvalue weighted by Gasteiger charge is 2.18. The molecule has 238 valence electrons. The van der Waals surface area contributed by atoms with Crippen LogP contribution in [0.1, 0.15) is 51.4 Å². The Balaban J connectivity index is 0.000000185. The number of hydrogen-bond donors (Lipinski definition) is 0. The molecule has 6 aromatic rings. The SMILES string of the molecule is CCOC(=O)c1cn(Cc2ccc3ncc(Cl)cc3c2)nc1Br.CCOC(=O)c1cn(Cc2ccc3ncc(Cl)cc3c2)nc1C#N. The molecule has 0 atom stereocenters. The summed E-state index contributed by atoms with van der Waals surface area (Å²) in [5, 5.41) is 20.6. The molecule has 2 aromatic carbocycles. The zero-order valence-electron chi connectivity index (χ0n) is 25.2. The molecular formula is C33H26BrCl2N7O4. The number of halogens is 3. The van der Waals surface area contributed by atoms with E-state index in [1.807, 2.05) is 54.6 Å². The van der Waals surface area contributed by atoms with Crippen molar-refractivity contribution in [2.45, 2.75) is 26.9 Å². The molecule has 0 aliphatic heterocycles. The summed E-state index contributed by atoms with van der Waals surface area (Å²) in [5.74, 6) is -0.935. The van der Waals surface area contributed by atoms with Crippen LogP contribution in [-0.2, 0) is 22.6 Å². The first-order chi connectivity index (χ1) is 22.7. The van der Waals surface area contributed by atoms with Crippen molar-refractivity contribution in [2.24, 2.45) is 0 Å². The van der Waals surface area contributed by atoms with Gasteiger partial charge in [-0.2, -0.15) is 15.5 Å². The minimum atomic E-state index is -0.546. The molecule has 0 unspecified atom stereocenters. The number of fused-ring (bicyclic) bond motifs is 2. The van der Waals surface area contributed by atoms with Gasteiger partial charge in [0.25, 0.3) is 0 Å². The van der Waals surface area contributed by atoms with Crippen LogP contribution in [0.5, 0.6) is 0 Å². The van der Waals surface area contributed by atoms with Gasteiger partial charge in [0.2, 0.25) is 0 Å². The Kier molecular flexibility index (Phi) is 10.8. The molecule has 6 rings (SSSR count). The van der Waals surface area contributed by atoms with Crippen LogP contribution in [0.25, 0.3) is 21.8 Å². The molecule has 0 fully saturated rings. The molecule has 4 aromatic heterocycles. The van der Waals surface area contributed by atoms with Gasteiger partial charge in [-0.25, -0.2) is 9.59 Å². The van der Waals surface area contributed by atoms with Gasteiger partial charge < -0.3 is 9.47 Å². The van der Waals surface area contributed by atoms with Crippen molar-refractivity contribution in [3.8, 4) is 6.07 Å². The number of ether oxygens (including phenoxy) is 2. The monoisotopic (exact) mass is 733 g/mol. The third-order valence-electron chi connectivity index (χ3n) is 6.69. The van der Waals surface area contributed by atoms with Crippen LogP contribution in [-0.4, -0.2) is 54.7 Å². The number of pyridine rings is 2. The minimum absolute atomic E-state index is 0.0546. The number of carbonyl (C=O) groups is 2. The van der Waals surface area contributed by atoms with E-state index in [1.54, 1.807) is 41.8 Å². The molecule has 0 saturated carbocycles. The van der Waals surface area contributed by atoms with Gasteiger partial charge in [-0.15, -0.1) is 0 Å². The van der Waals surface area contributed by atoms with E-state index in [1.165, 1.54) is 6.20 Å². The molecule has 0 spiro atoms. The van der Waals surface area contributed by atoms with Crippen LogP contribution in [0.15, 0.2) is 77.9 Å². The van der Waals surface area contributed by atoms with Gasteiger partial charge in [-0.05, 0) is 77.3 Å². The number of carbonyl (C=O) groups excluding carboxylic acids is 2. The predicted molar refractivity (Wildman–Crippen MR) is 180 cm³/mol. The van der Waals surface area contributed by atoms with Crippen molar-refractivity contribution in [3.63, 3.8) is 0 Å². The van der Waals surface area contributed by atoms with Gasteiger partial charge in [0.1, 0.15) is 21.8 Å². The quantitative estimate of drug-likeness (QED) is 0.148. The zero-order chi connectivity index (χ0) is 33.5. The third kappa shape index (κ3) is 8.31. The van der Waals surface area contributed by atoms with E-state index < -0.39 is 5.97 Å². The lowest BCUT2D eigenvalue weighted by Gasteiger charge is -2.04. The van der Waals surface area contributed by atoms with Crippen molar-refractivity contribution in [1.29, 1.82) is 5.26 Å². The van der Waals surface area contributed by atoms with Crippen LogP contribution in [0.3, 0.4) is 0 Å². The molecule has 0 saturated heterocycles. The molecule has 47 heavy (non-hydrogen) atoms. The normalized spacial score (nSPS) is 10.7. The third-order valence-corrected chi connectivity index (χ3v) is 7.69. The van der Waals surface area contributed by atoms with Crippen LogP contribution >= 0.6 is 39.1 Å². The Morgan fingerprint density at radius 3 is 1.79 bits per heavy atom. The van der Waals surface area contributed by atoms with Gasteiger partial charge in [-0.3, -0.25) is 19.3 Å². The summed E-state index contributed by atoms with van der Waals surface area (Å²) in [4.78, 5) is 32.2. The van der Waals surface area contributed by atoms with Gasteiger partial charge in [-0.1, -0.05) is 35.3 Å². The van der Waals surface area contributed by atoms with Gasteiger partial charge in [0, 0.05) is 35.6 Å². The van der Waals surface area contributed by atoms with Gasteiger partial charge in [0.05, 0.1) is 47.4 Å². The lowest BCUT2D eigenvalue weighted by Crippen LogP contribution is -2.05. The second-order valence-electron chi connectivity index (χ2n) is 10.0. The van der Waals surface area contributed by atoms with Crippen LogP contribution in [0.4, 0.5) is 0 Å². The first-order valence-corrected chi connectivity index (χ1v) is 15.8. The summed E-state index contributed by atoms with van der Waals surface area (Å²) in [6.45, 7) is 4.99. The predicted octanol–water partition coefficient (Wildman–Crippen LogP) is 7.25. The maximum atomic E-state index is 11.9. The van der Waals surface area contributed by atoms with E-state index in [2.05, 4.69) is 36.1 Å². The highest BCUT2D eigenvalue weighted by molar-refractivity contribution is 9.10. The van der Waals surface area contributed by atoms with Crippen LogP contribution in [0, 0.1) is 11.3 Å². The molecule has 0 amide bonds. The molecule has 0 radical (unpaired) electrons. The Bertz CT molecular complexity index is 2140. The summed E-state index contributed by atoms with van der Waals surface area (Å²) < 4.78 is 13.6. The number of nitrogens with zero attached hydrogens (tertiary/aromatic N) is 7. The summed E-state index contributed by atoms with van der Waals surface area (Å²) >= 11 is 15.2. The summed E-state index contributed by atoms with van der Waals surface area (Å²) in [7, 11) is 0. The second kappa shape index (κ2) is 15.2. The number of hydrogen-bond acceptors (Lipinski definition) is 9. The van der Waals surface area contributed by atoms with E-state index in [0.29, 0.717) is 39.9 Å². The summed E-state index contributed by atoms with van der Waals surface area (Å²) in [5.41, 5.74) is 4.35. The molecule has 0 N–H and O–H groups in total. The summed E-state index contributed by atoms with van der Waals surface area (Å²) in [6.07, 6.45) is 6.42. The van der Waals surface area contributed by atoms with Crippen molar-refractivity contribution in [1.82, 2.24) is 29.5 Å². The van der Waals surface area contributed by atoms with E-state index in [-0.39, 0.29) is 23.8 Å². The van der Waals surface area contributed by atoms with Crippen molar-refractivity contribution >= 4 is 72.9 Å².